The molecule has 2 heterocycles. The van der Waals surface area contributed by atoms with Gasteiger partial charge in [0.1, 0.15) is 6.04 Å². The van der Waals surface area contributed by atoms with Gasteiger partial charge in [0.05, 0.1) is 32.2 Å². The van der Waals surface area contributed by atoms with Gasteiger partial charge in [-0.25, -0.2) is 4.79 Å². The molecule has 1 aliphatic heterocycles. The molecule has 0 radical (unpaired) electrons. The van der Waals surface area contributed by atoms with E-state index in [1.165, 1.54) is 11.9 Å². The minimum absolute atomic E-state index is 0.184. The van der Waals surface area contributed by atoms with E-state index in [1.54, 1.807) is 18.7 Å². The van der Waals surface area contributed by atoms with Crippen LogP contribution in [-0.2, 0) is 20.7 Å². The summed E-state index contributed by atoms with van der Waals surface area (Å²) in [4.78, 5) is 54.8. The van der Waals surface area contributed by atoms with E-state index >= 15 is 0 Å². The first-order chi connectivity index (χ1) is 19.0. The zero-order valence-electron chi connectivity index (χ0n) is 24.1. The second kappa shape index (κ2) is 14.0. The lowest BCUT2D eigenvalue weighted by atomic mass is 9.99. The Balaban J connectivity index is 1.60. The third-order valence-electron chi connectivity index (χ3n) is 6.65. The lowest BCUT2D eigenvalue weighted by Gasteiger charge is -2.32. The second-order valence-corrected chi connectivity index (χ2v) is 10.8. The predicted molar refractivity (Wildman–Crippen MR) is 147 cm³/mol. The summed E-state index contributed by atoms with van der Waals surface area (Å²) in [6.07, 6.45) is 0.382. The Kier molecular flexibility index (Phi) is 10.8. The van der Waals surface area contributed by atoms with Crippen LogP contribution in [0.4, 0.5) is 4.79 Å². The summed E-state index contributed by atoms with van der Waals surface area (Å²) in [7, 11) is 1.49. The molecule has 3 rings (SSSR count). The van der Waals surface area contributed by atoms with Crippen molar-refractivity contribution in [3.8, 4) is 0 Å². The van der Waals surface area contributed by atoms with E-state index in [4.69, 9.17) is 9.15 Å². The van der Waals surface area contributed by atoms with Crippen molar-refractivity contribution >= 4 is 23.6 Å². The second-order valence-electron chi connectivity index (χ2n) is 10.8. The fourth-order valence-electron chi connectivity index (χ4n) is 4.34. The topological polar surface area (TPSA) is 147 Å². The van der Waals surface area contributed by atoms with Crippen LogP contribution in [0.15, 0.2) is 28.7 Å². The number of urea groups is 1. The maximum atomic E-state index is 13.2. The quantitative estimate of drug-likeness (QED) is 0.399. The molecule has 4 amide bonds. The third-order valence-corrected chi connectivity index (χ3v) is 6.65. The number of hydrogen-bond acceptors (Lipinski definition) is 8. The molecule has 1 aliphatic rings. The number of aromatic nitrogens is 2. The van der Waals surface area contributed by atoms with Crippen LogP contribution >= 0.6 is 0 Å². The molecule has 0 bridgehead atoms. The number of benzene rings is 1. The molecule has 0 aliphatic carbocycles. The summed E-state index contributed by atoms with van der Waals surface area (Å²) in [5.41, 5.74) is 2.07. The van der Waals surface area contributed by atoms with Gasteiger partial charge in [-0.05, 0) is 24.3 Å². The number of rotatable bonds is 11. The van der Waals surface area contributed by atoms with Crippen molar-refractivity contribution in [3.05, 3.63) is 47.2 Å². The van der Waals surface area contributed by atoms with Crippen LogP contribution in [0.25, 0.3) is 0 Å². The van der Waals surface area contributed by atoms with Crippen molar-refractivity contribution in [2.75, 3.05) is 39.9 Å². The maximum absolute atomic E-state index is 13.2. The average Bonchev–Trinajstić information content (AvgIpc) is 3.38. The number of nitrogens with one attached hydrogen (secondary N) is 2. The van der Waals surface area contributed by atoms with Crippen LogP contribution in [0.5, 0.6) is 0 Å². The molecule has 40 heavy (non-hydrogen) atoms. The summed E-state index contributed by atoms with van der Waals surface area (Å²) in [6, 6.07) is 5.76. The van der Waals surface area contributed by atoms with Gasteiger partial charge in [0.2, 0.25) is 23.5 Å². The molecule has 2 aromatic rings. The van der Waals surface area contributed by atoms with Crippen LogP contribution in [0, 0.1) is 18.8 Å². The smallest absolute Gasteiger partial charge is 0.318 e. The fraction of sp³-hybridized carbons (Fsp3) is 0.571. The number of hydrogen-bond donors (Lipinski definition) is 2. The monoisotopic (exact) mass is 556 g/mol. The molecule has 1 saturated heterocycles. The van der Waals surface area contributed by atoms with E-state index in [0.717, 1.165) is 11.1 Å². The third kappa shape index (κ3) is 8.35. The molecule has 2 atom stereocenters. The van der Waals surface area contributed by atoms with Gasteiger partial charge in [-0.1, -0.05) is 57.5 Å². The number of amides is 4. The molecule has 12 nitrogen and oxygen atoms in total. The Hall–Kier alpha value is -3.80. The zero-order chi connectivity index (χ0) is 29.4. The summed E-state index contributed by atoms with van der Waals surface area (Å²) >= 11 is 0. The van der Waals surface area contributed by atoms with Crippen LogP contribution in [0.2, 0.25) is 0 Å². The van der Waals surface area contributed by atoms with Gasteiger partial charge >= 0.3 is 6.03 Å². The van der Waals surface area contributed by atoms with Gasteiger partial charge in [-0.3, -0.25) is 14.4 Å². The number of nitrogens with zero attached hydrogens (tertiary/aromatic N) is 4. The lowest BCUT2D eigenvalue weighted by Crippen LogP contribution is -2.56. The predicted octanol–water partition coefficient (Wildman–Crippen LogP) is 1.82. The number of Topliss-reactive ketones (excluding diaryl/α,β-unsaturated/α-hetero) is 1. The van der Waals surface area contributed by atoms with Crippen LogP contribution < -0.4 is 10.6 Å². The number of ketones is 1. The molecule has 1 aromatic carbocycles. The number of morpholine rings is 1. The minimum Gasteiger partial charge on any atom is -0.418 e. The van der Waals surface area contributed by atoms with E-state index in [9.17, 15) is 19.2 Å². The van der Waals surface area contributed by atoms with Crippen molar-refractivity contribution in [1.82, 2.24) is 30.6 Å². The van der Waals surface area contributed by atoms with Gasteiger partial charge in [0, 0.05) is 20.1 Å². The van der Waals surface area contributed by atoms with Crippen molar-refractivity contribution in [1.29, 1.82) is 0 Å². The lowest BCUT2D eigenvalue weighted by molar-refractivity contribution is -0.137. The van der Waals surface area contributed by atoms with Gasteiger partial charge in [0.15, 0.2) is 0 Å². The zero-order valence-corrected chi connectivity index (χ0v) is 24.1. The summed E-state index contributed by atoms with van der Waals surface area (Å²) in [5.74, 6) is -1.80. The van der Waals surface area contributed by atoms with Crippen molar-refractivity contribution in [2.24, 2.45) is 11.8 Å². The van der Waals surface area contributed by atoms with E-state index in [-0.39, 0.29) is 30.3 Å². The summed E-state index contributed by atoms with van der Waals surface area (Å²) < 4.78 is 10.9. The molecule has 1 aromatic heterocycles. The molecular formula is C28H40N6O6. The first-order valence-corrected chi connectivity index (χ1v) is 13.6. The number of aryl methyl sites for hydroxylation is 1. The summed E-state index contributed by atoms with van der Waals surface area (Å²) in [6.45, 7) is 10.7. The Morgan fingerprint density at radius 1 is 1.00 bits per heavy atom. The number of carbonyl (C=O) groups is 4. The van der Waals surface area contributed by atoms with Gasteiger partial charge in [-0.15, -0.1) is 10.2 Å². The Bertz CT molecular complexity index is 1190. The highest BCUT2D eigenvalue weighted by Crippen LogP contribution is 2.14. The van der Waals surface area contributed by atoms with Crippen molar-refractivity contribution in [3.63, 3.8) is 0 Å². The van der Waals surface area contributed by atoms with Crippen LogP contribution in [-0.4, -0.2) is 95.6 Å². The average molecular weight is 557 g/mol. The first kappa shape index (κ1) is 30.7. The Labute approximate surface area is 234 Å². The van der Waals surface area contributed by atoms with Crippen molar-refractivity contribution < 1.29 is 28.3 Å². The van der Waals surface area contributed by atoms with Gasteiger partial charge in [0.25, 0.3) is 5.89 Å². The molecule has 1 fully saturated rings. The number of ether oxygens (including phenoxy) is 1. The van der Waals surface area contributed by atoms with Crippen LogP contribution in [0.3, 0.4) is 0 Å². The van der Waals surface area contributed by atoms with Gasteiger partial charge in [-0.2, -0.15) is 0 Å². The highest BCUT2D eigenvalue weighted by Gasteiger charge is 2.32. The molecule has 2 N–H and O–H groups in total. The maximum Gasteiger partial charge on any atom is 0.318 e. The fourth-order valence-corrected chi connectivity index (χ4v) is 4.34. The molecular weight excluding hydrogens is 516 g/mol. The van der Waals surface area contributed by atoms with E-state index in [2.05, 4.69) is 20.8 Å². The SMILES string of the molecule is Cc1cccc(Cc2nnc(C(=O)[C@@H](NC(=O)CN(C)C(=O)[C@@H](NC(=O)N3CCOCC3)C(C)C)C(C)C)o2)c1. The normalized spacial score (nSPS) is 15.1. The van der Waals surface area contributed by atoms with E-state index < -0.39 is 29.7 Å². The number of carbonyl (C=O) groups excluding carboxylic acids is 4. The molecule has 0 spiro atoms. The minimum atomic E-state index is -0.926. The number of likely N-dealkylation sites (N-methyl/N-ethyl adjacent to an activating group) is 1. The molecule has 218 valence electrons. The standard InChI is InChI=1S/C28H40N6O6/c1-17(2)23(25(36)26-32-31-22(40-26)15-20-9-7-8-19(5)14-20)29-21(35)16-33(6)27(37)24(18(3)4)30-28(38)34-10-12-39-13-11-34/h7-9,14,17-18,23-24H,10-13,15-16H2,1-6H3,(H,29,35)(H,30,38)/t23-,24-/m0/s1. The summed E-state index contributed by atoms with van der Waals surface area (Å²) in [5, 5.41) is 13.4. The largest absolute Gasteiger partial charge is 0.418 e. The molecule has 0 unspecified atom stereocenters. The van der Waals surface area contributed by atoms with Gasteiger partial charge < -0.3 is 29.6 Å². The highest BCUT2D eigenvalue weighted by molar-refractivity contribution is 5.99. The van der Waals surface area contributed by atoms with Crippen LogP contribution in [0.1, 0.15) is 55.4 Å². The molecule has 12 heteroatoms. The Morgan fingerprint density at radius 3 is 2.30 bits per heavy atom. The van der Waals surface area contributed by atoms with E-state index in [0.29, 0.717) is 38.6 Å². The van der Waals surface area contributed by atoms with E-state index in [1.807, 2.05) is 45.0 Å². The Morgan fingerprint density at radius 2 is 1.68 bits per heavy atom. The molecule has 0 saturated carbocycles. The first-order valence-electron chi connectivity index (χ1n) is 13.6. The van der Waals surface area contributed by atoms with Crippen molar-refractivity contribution in [2.45, 2.75) is 53.1 Å². The highest BCUT2D eigenvalue weighted by atomic mass is 16.5.